The molecule has 3 N–H and O–H groups in total. The van der Waals surface area contributed by atoms with E-state index in [1.807, 2.05) is 11.8 Å². The molecule has 2 heterocycles. The second-order valence-electron chi connectivity index (χ2n) is 5.81. The maximum absolute atomic E-state index is 11.6. The summed E-state index contributed by atoms with van der Waals surface area (Å²) >= 11 is 1.88. The predicted molar refractivity (Wildman–Crippen MR) is 92.9 cm³/mol. The van der Waals surface area contributed by atoms with E-state index in [4.69, 9.17) is 15.1 Å². The molecule has 25 heavy (non-hydrogen) atoms. The summed E-state index contributed by atoms with van der Waals surface area (Å²) in [6.07, 6.45) is 3.12. The normalized spacial score (nSPS) is 24.2. The molecule has 2 saturated heterocycles. The standard InChI is InChI=1S/C14H24N6O4S/c15-20-16-5-6-23-7-8-24-19-12(21)4-2-1-3-11-13-10(9-25-11)17-14(22)18-13/h10-11,13H,1-9H2,(H,19,21)(H2,17,18,22)/t10-,11-,13-/m0/s1. The number of ether oxygens (including phenoxy) is 1. The average molecular weight is 372 g/mol. The van der Waals surface area contributed by atoms with Gasteiger partial charge in [0.1, 0.15) is 0 Å². The third-order valence-corrected chi connectivity index (χ3v) is 5.50. The number of azide groups is 1. The van der Waals surface area contributed by atoms with Gasteiger partial charge in [-0.3, -0.25) is 9.63 Å². The van der Waals surface area contributed by atoms with Gasteiger partial charge in [0.15, 0.2) is 0 Å². The van der Waals surface area contributed by atoms with Crippen LogP contribution in [0.1, 0.15) is 25.7 Å². The maximum atomic E-state index is 11.6. The Morgan fingerprint density at radius 1 is 1.36 bits per heavy atom. The molecule has 3 amide bonds. The van der Waals surface area contributed by atoms with E-state index < -0.39 is 0 Å². The molecule has 11 heteroatoms. The van der Waals surface area contributed by atoms with Gasteiger partial charge in [0.2, 0.25) is 5.91 Å². The Bertz CT molecular complexity index is 502. The second-order valence-corrected chi connectivity index (χ2v) is 7.08. The molecule has 0 bridgehead atoms. The molecule has 0 aromatic heterocycles. The first-order valence-corrected chi connectivity index (χ1v) is 9.43. The zero-order valence-corrected chi connectivity index (χ0v) is 14.8. The SMILES string of the molecule is [N-]=[N+]=NCCOCCONC(=O)CCCC[C@@H]1SC[C@@H]2NC(=O)N[C@@H]21. The van der Waals surface area contributed by atoms with Crippen molar-refractivity contribution in [1.82, 2.24) is 16.1 Å². The number of rotatable bonds is 12. The van der Waals surface area contributed by atoms with Crippen molar-refractivity contribution >= 4 is 23.7 Å². The van der Waals surface area contributed by atoms with Gasteiger partial charge in [-0.1, -0.05) is 11.5 Å². The summed E-state index contributed by atoms with van der Waals surface area (Å²) < 4.78 is 5.14. The number of urea groups is 1. The van der Waals surface area contributed by atoms with Crippen molar-refractivity contribution < 1.29 is 19.2 Å². The number of hydrogen-bond acceptors (Lipinski definition) is 6. The van der Waals surface area contributed by atoms with Crippen LogP contribution in [0.5, 0.6) is 0 Å². The Kier molecular flexibility index (Phi) is 8.67. The maximum Gasteiger partial charge on any atom is 0.315 e. The van der Waals surface area contributed by atoms with Crippen LogP contribution in [0.15, 0.2) is 5.11 Å². The third kappa shape index (κ3) is 6.99. The number of thioether (sulfide) groups is 1. The second kappa shape index (κ2) is 11.0. The molecule has 0 saturated carbocycles. The molecule has 0 aromatic carbocycles. The van der Waals surface area contributed by atoms with Crippen LogP contribution in [0, 0.1) is 0 Å². The van der Waals surface area contributed by atoms with Crippen LogP contribution in [-0.4, -0.2) is 61.4 Å². The van der Waals surface area contributed by atoms with Crippen LogP contribution >= 0.6 is 11.8 Å². The molecule has 0 unspecified atom stereocenters. The fourth-order valence-electron chi connectivity index (χ4n) is 2.81. The van der Waals surface area contributed by atoms with E-state index >= 15 is 0 Å². The highest BCUT2D eigenvalue weighted by atomic mass is 32.2. The number of fused-ring (bicyclic) bond motifs is 1. The van der Waals surface area contributed by atoms with Crippen LogP contribution in [0.25, 0.3) is 10.4 Å². The number of nitrogens with zero attached hydrogens (tertiary/aromatic N) is 3. The number of nitrogens with one attached hydrogen (secondary N) is 3. The molecule has 2 fully saturated rings. The molecule has 3 atom stereocenters. The number of unbranched alkanes of at least 4 members (excludes halogenated alkanes) is 1. The number of hydrogen-bond donors (Lipinski definition) is 3. The van der Waals surface area contributed by atoms with E-state index in [9.17, 15) is 9.59 Å². The molecule has 0 radical (unpaired) electrons. The molecule has 0 aliphatic carbocycles. The van der Waals surface area contributed by atoms with E-state index in [0.717, 1.165) is 25.0 Å². The molecule has 2 rings (SSSR count). The predicted octanol–water partition coefficient (Wildman–Crippen LogP) is 1.09. The van der Waals surface area contributed by atoms with E-state index in [2.05, 4.69) is 26.1 Å². The monoisotopic (exact) mass is 372 g/mol. The van der Waals surface area contributed by atoms with Gasteiger partial charge in [-0.25, -0.2) is 10.3 Å². The molecule has 2 aliphatic rings. The lowest BCUT2D eigenvalue weighted by Crippen LogP contribution is -2.36. The minimum Gasteiger partial charge on any atom is -0.379 e. The first-order valence-electron chi connectivity index (χ1n) is 8.38. The number of carbonyl (C=O) groups excluding carboxylic acids is 2. The summed E-state index contributed by atoms with van der Waals surface area (Å²) in [5, 5.41) is 9.64. The summed E-state index contributed by atoms with van der Waals surface area (Å²) in [7, 11) is 0. The van der Waals surface area contributed by atoms with Crippen LogP contribution in [0.3, 0.4) is 0 Å². The van der Waals surface area contributed by atoms with Crippen molar-refractivity contribution in [2.75, 3.05) is 32.1 Å². The number of amides is 3. The first kappa shape index (κ1) is 19.6. The van der Waals surface area contributed by atoms with Gasteiger partial charge in [-0.2, -0.15) is 11.8 Å². The van der Waals surface area contributed by atoms with Gasteiger partial charge in [-0.05, 0) is 18.4 Å². The highest BCUT2D eigenvalue weighted by molar-refractivity contribution is 8.00. The smallest absolute Gasteiger partial charge is 0.315 e. The zero-order valence-electron chi connectivity index (χ0n) is 14.0. The molecule has 10 nitrogen and oxygen atoms in total. The topological polar surface area (TPSA) is 137 Å². The Labute approximate surface area is 150 Å². The van der Waals surface area contributed by atoms with Gasteiger partial charge in [0.05, 0.1) is 31.9 Å². The number of hydroxylamine groups is 1. The molecule has 140 valence electrons. The van der Waals surface area contributed by atoms with Gasteiger partial charge < -0.3 is 15.4 Å². The van der Waals surface area contributed by atoms with E-state index in [0.29, 0.717) is 24.9 Å². The molecule has 0 aromatic rings. The zero-order chi connectivity index (χ0) is 17.9. The summed E-state index contributed by atoms with van der Waals surface area (Å²) in [6.45, 7) is 1.18. The molecular formula is C14H24N6O4S. The Balaban J connectivity index is 1.42. The van der Waals surface area contributed by atoms with Crippen LogP contribution in [0.2, 0.25) is 0 Å². The van der Waals surface area contributed by atoms with E-state index in [1.165, 1.54) is 0 Å². The van der Waals surface area contributed by atoms with Crippen molar-refractivity contribution in [2.45, 2.75) is 43.0 Å². The van der Waals surface area contributed by atoms with Crippen molar-refractivity contribution in [2.24, 2.45) is 5.11 Å². The molecule has 0 spiro atoms. The highest BCUT2D eigenvalue weighted by Gasteiger charge is 2.42. The van der Waals surface area contributed by atoms with Crippen molar-refractivity contribution in [1.29, 1.82) is 0 Å². The lowest BCUT2D eigenvalue weighted by atomic mass is 10.0. The number of carbonyl (C=O) groups is 2. The van der Waals surface area contributed by atoms with Crippen molar-refractivity contribution in [3.8, 4) is 0 Å². The third-order valence-electron chi connectivity index (χ3n) is 4.00. The summed E-state index contributed by atoms with van der Waals surface area (Å²) in [4.78, 5) is 30.6. The largest absolute Gasteiger partial charge is 0.379 e. The lowest BCUT2D eigenvalue weighted by Gasteiger charge is -2.16. The van der Waals surface area contributed by atoms with Crippen LogP contribution in [0.4, 0.5) is 4.79 Å². The van der Waals surface area contributed by atoms with Gasteiger partial charge in [0, 0.05) is 28.9 Å². The minimum absolute atomic E-state index is 0.0707. The first-order chi connectivity index (χ1) is 12.2. The van der Waals surface area contributed by atoms with Gasteiger partial charge >= 0.3 is 6.03 Å². The fourth-order valence-corrected chi connectivity index (χ4v) is 4.35. The molecular weight excluding hydrogens is 348 g/mol. The van der Waals surface area contributed by atoms with Crippen molar-refractivity contribution in [3.63, 3.8) is 0 Å². The van der Waals surface area contributed by atoms with Crippen LogP contribution in [-0.2, 0) is 14.4 Å². The Hall–Kier alpha value is -1.68. The van der Waals surface area contributed by atoms with Gasteiger partial charge in [0.25, 0.3) is 0 Å². The van der Waals surface area contributed by atoms with Crippen LogP contribution < -0.4 is 16.1 Å². The van der Waals surface area contributed by atoms with Crippen molar-refractivity contribution in [3.05, 3.63) is 10.4 Å². The highest BCUT2D eigenvalue weighted by Crippen LogP contribution is 2.33. The van der Waals surface area contributed by atoms with E-state index in [1.54, 1.807) is 0 Å². The summed E-state index contributed by atoms with van der Waals surface area (Å²) in [6, 6.07) is 0.389. The average Bonchev–Trinajstić information content (AvgIpc) is 3.13. The summed E-state index contributed by atoms with van der Waals surface area (Å²) in [5.41, 5.74) is 10.5. The Morgan fingerprint density at radius 3 is 3.08 bits per heavy atom. The minimum atomic E-state index is -0.151. The quantitative estimate of drug-likeness (QED) is 0.118. The molecule has 2 aliphatic heterocycles. The lowest BCUT2D eigenvalue weighted by molar-refractivity contribution is -0.134. The fraction of sp³-hybridized carbons (Fsp3) is 0.857. The Morgan fingerprint density at radius 2 is 2.24 bits per heavy atom. The van der Waals surface area contributed by atoms with Gasteiger partial charge in [-0.15, -0.1) is 0 Å². The van der Waals surface area contributed by atoms with E-state index in [-0.39, 0.29) is 37.2 Å². The summed E-state index contributed by atoms with van der Waals surface area (Å²) in [5.74, 6) is 0.801.